The molecule has 2 heterocycles. The molecule has 3 rings (SSSR count). The molecule has 6 heteroatoms. The van der Waals surface area contributed by atoms with Gasteiger partial charge in [0.25, 0.3) is 0 Å². The molecule has 1 aliphatic rings. The molecule has 0 aliphatic carbocycles. The summed E-state index contributed by atoms with van der Waals surface area (Å²) < 4.78 is 5.74. The highest BCUT2D eigenvalue weighted by atomic mass is 32.1. The monoisotopic (exact) mass is 331 g/mol. The largest absolute Gasteiger partial charge is 0.478 e. The fourth-order valence-electron chi connectivity index (χ4n) is 2.64. The highest BCUT2D eigenvalue weighted by Crippen LogP contribution is 2.24. The molecule has 2 aromatic rings. The number of thiophene rings is 1. The van der Waals surface area contributed by atoms with Crippen molar-refractivity contribution in [2.75, 3.05) is 19.7 Å². The molecule has 1 saturated heterocycles. The van der Waals surface area contributed by atoms with Crippen molar-refractivity contribution in [1.29, 1.82) is 0 Å². The van der Waals surface area contributed by atoms with Crippen LogP contribution >= 0.6 is 11.3 Å². The van der Waals surface area contributed by atoms with Gasteiger partial charge in [-0.25, -0.2) is 4.79 Å². The zero-order valence-electron chi connectivity index (χ0n) is 12.5. The summed E-state index contributed by atoms with van der Waals surface area (Å²) in [7, 11) is 0. The van der Waals surface area contributed by atoms with Crippen LogP contribution in [0.1, 0.15) is 27.6 Å². The van der Waals surface area contributed by atoms with E-state index in [9.17, 15) is 9.59 Å². The van der Waals surface area contributed by atoms with Gasteiger partial charge in [0, 0.05) is 6.54 Å². The van der Waals surface area contributed by atoms with Crippen LogP contribution < -0.4 is 0 Å². The number of carbonyl (C=O) groups excluding carboxylic acids is 1. The number of carboxylic acid groups (broad SMARTS) is 1. The maximum Gasteiger partial charge on any atom is 0.335 e. The lowest BCUT2D eigenvalue weighted by Gasteiger charge is -2.33. The van der Waals surface area contributed by atoms with Gasteiger partial charge in [-0.05, 0) is 40.1 Å². The molecule has 0 saturated carbocycles. The van der Waals surface area contributed by atoms with Gasteiger partial charge in [0.05, 0.1) is 25.1 Å². The third-order valence-electron chi connectivity index (χ3n) is 3.86. The fourth-order valence-corrected chi connectivity index (χ4v) is 3.34. The minimum Gasteiger partial charge on any atom is -0.478 e. The standard InChI is InChI=1S/C17H17NO4S/c19-16(9-12-2-1-3-13(8-12)17(20)21)18-5-6-22-15(10-18)14-4-7-23-11-14/h1-4,7-8,11,15H,5-6,9-10H2,(H,20,21). The van der Waals surface area contributed by atoms with Gasteiger partial charge in [0.1, 0.15) is 6.10 Å². The lowest BCUT2D eigenvalue weighted by molar-refractivity contribution is -0.138. The number of aromatic carboxylic acids is 1. The molecule has 1 aromatic carbocycles. The van der Waals surface area contributed by atoms with E-state index < -0.39 is 5.97 Å². The number of rotatable bonds is 4. The van der Waals surface area contributed by atoms with E-state index in [1.807, 2.05) is 16.8 Å². The molecule has 5 nitrogen and oxygen atoms in total. The van der Waals surface area contributed by atoms with Crippen molar-refractivity contribution >= 4 is 23.2 Å². The molecule has 1 atom stereocenters. The summed E-state index contributed by atoms with van der Waals surface area (Å²) >= 11 is 1.61. The molecule has 0 bridgehead atoms. The topological polar surface area (TPSA) is 66.8 Å². The summed E-state index contributed by atoms with van der Waals surface area (Å²) in [5.41, 5.74) is 2.02. The molecule has 0 spiro atoms. The second-order valence-corrected chi connectivity index (χ2v) is 6.22. The van der Waals surface area contributed by atoms with Gasteiger partial charge in [0.15, 0.2) is 0 Å². The Kier molecular flexibility index (Phi) is 4.73. The third kappa shape index (κ3) is 3.78. The van der Waals surface area contributed by atoms with Crippen molar-refractivity contribution in [3.8, 4) is 0 Å². The normalized spacial score (nSPS) is 17.9. The van der Waals surface area contributed by atoms with Gasteiger partial charge in [-0.1, -0.05) is 12.1 Å². The molecule has 1 aliphatic heterocycles. The van der Waals surface area contributed by atoms with E-state index in [4.69, 9.17) is 9.84 Å². The van der Waals surface area contributed by atoms with Crippen LogP contribution in [0.25, 0.3) is 0 Å². The lowest BCUT2D eigenvalue weighted by Crippen LogP contribution is -2.42. The zero-order valence-corrected chi connectivity index (χ0v) is 13.3. The smallest absolute Gasteiger partial charge is 0.335 e. The number of hydrogen-bond acceptors (Lipinski definition) is 4. The molecule has 1 aromatic heterocycles. The summed E-state index contributed by atoms with van der Waals surface area (Å²) in [5.74, 6) is -0.987. The van der Waals surface area contributed by atoms with Crippen molar-refractivity contribution in [2.45, 2.75) is 12.5 Å². The summed E-state index contributed by atoms with van der Waals surface area (Å²) in [4.78, 5) is 25.3. The predicted octanol–water partition coefficient (Wildman–Crippen LogP) is 2.59. The van der Waals surface area contributed by atoms with Gasteiger partial charge < -0.3 is 14.7 Å². The molecule has 120 valence electrons. The van der Waals surface area contributed by atoms with Gasteiger partial charge in [-0.15, -0.1) is 0 Å². The first kappa shape index (κ1) is 15.7. The quantitative estimate of drug-likeness (QED) is 0.935. The number of nitrogens with zero attached hydrogens (tertiary/aromatic N) is 1. The van der Waals surface area contributed by atoms with Crippen LogP contribution in [-0.4, -0.2) is 41.6 Å². The van der Waals surface area contributed by atoms with E-state index in [0.29, 0.717) is 25.3 Å². The number of morpholine rings is 1. The second-order valence-electron chi connectivity index (χ2n) is 5.44. The predicted molar refractivity (Wildman–Crippen MR) is 86.7 cm³/mol. The molecular formula is C17H17NO4S. The van der Waals surface area contributed by atoms with E-state index in [1.165, 1.54) is 6.07 Å². The zero-order chi connectivity index (χ0) is 16.2. The van der Waals surface area contributed by atoms with Gasteiger partial charge in [0.2, 0.25) is 5.91 Å². The summed E-state index contributed by atoms with van der Waals surface area (Å²) in [6.45, 7) is 1.62. The Morgan fingerprint density at radius 1 is 1.35 bits per heavy atom. The number of carboxylic acids is 1. The van der Waals surface area contributed by atoms with Gasteiger partial charge in [-0.3, -0.25) is 4.79 Å². The highest BCUT2D eigenvalue weighted by molar-refractivity contribution is 7.07. The number of carbonyl (C=O) groups is 2. The van der Waals surface area contributed by atoms with Crippen LogP contribution in [0.3, 0.4) is 0 Å². The Hall–Kier alpha value is -2.18. The molecule has 1 amide bonds. The Morgan fingerprint density at radius 3 is 2.96 bits per heavy atom. The van der Waals surface area contributed by atoms with Crippen molar-refractivity contribution in [1.82, 2.24) is 4.90 Å². The average Bonchev–Trinajstić information content (AvgIpc) is 3.10. The first-order valence-corrected chi connectivity index (χ1v) is 8.31. The van der Waals surface area contributed by atoms with Crippen molar-refractivity contribution in [2.24, 2.45) is 0 Å². The van der Waals surface area contributed by atoms with E-state index in [-0.39, 0.29) is 24.0 Å². The number of hydrogen-bond donors (Lipinski definition) is 1. The second kappa shape index (κ2) is 6.93. The van der Waals surface area contributed by atoms with Crippen LogP contribution in [-0.2, 0) is 16.0 Å². The first-order valence-electron chi connectivity index (χ1n) is 7.37. The van der Waals surface area contributed by atoms with Gasteiger partial charge in [-0.2, -0.15) is 11.3 Å². The van der Waals surface area contributed by atoms with E-state index >= 15 is 0 Å². The minimum absolute atomic E-state index is 0.00364. The molecule has 23 heavy (non-hydrogen) atoms. The third-order valence-corrected chi connectivity index (χ3v) is 4.56. The van der Waals surface area contributed by atoms with Gasteiger partial charge >= 0.3 is 5.97 Å². The maximum atomic E-state index is 12.5. The molecule has 1 fully saturated rings. The maximum absolute atomic E-state index is 12.5. The average molecular weight is 331 g/mol. The minimum atomic E-state index is -0.983. The molecule has 0 radical (unpaired) electrons. The molecular weight excluding hydrogens is 314 g/mol. The number of amides is 1. The van der Waals surface area contributed by atoms with Crippen LogP contribution in [0.4, 0.5) is 0 Å². The Labute approximate surface area is 138 Å². The van der Waals surface area contributed by atoms with E-state index in [1.54, 1.807) is 34.4 Å². The summed E-state index contributed by atoms with van der Waals surface area (Å²) in [6, 6.07) is 8.54. The number of benzene rings is 1. The Bertz CT molecular complexity index is 698. The van der Waals surface area contributed by atoms with E-state index in [2.05, 4.69) is 0 Å². The van der Waals surface area contributed by atoms with Crippen LogP contribution in [0.2, 0.25) is 0 Å². The highest BCUT2D eigenvalue weighted by Gasteiger charge is 2.25. The van der Waals surface area contributed by atoms with Crippen molar-refractivity contribution in [3.05, 3.63) is 57.8 Å². The molecule has 1 unspecified atom stereocenters. The Morgan fingerprint density at radius 2 is 2.22 bits per heavy atom. The van der Waals surface area contributed by atoms with Crippen molar-refractivity contribution in [3.63, 3.8) is 0 Å². The fraction of sp³-hybridized carbons (Fsp3) is 0.294. The summed E-state index contributed by atoms with van der Waals surface area (Å²) in [6.07, 6.45) is 0.126. The van der Waals surface area contributed by atoms with Crippen LogP contribution in [0.5, 0.6) is 0 Å². The van der Waals surface area contributed by atoms with Crippen LogP contribution in [0.15, 0.2) is 41.1 Å². The lowest BCUT2D eigenvalue weighted by atomic mass is 10.1. The van der Waals surface area contributed by atoms with Crippen LogP contribution in [0, 0.1) is 0 Å². The first-order chi connectivity index (χ1) is 11.1. The number of ether oxygens (including phenoxy) is 1. The Balaban J connectivity index is 1.66. The van der Waals surface area contributed by atoms with E-state index in [0.717, 1.165) is 5.56 Å². The SMILES string of the molecule is O=C(O)c1cccc(CC(=O)N2CCOC(c3ccsc3)C2)c1. The summed E-state index contributed by atoms with van der Waals surface area (Å²) in [5, 5.41) is 13.1. The van der Waals surface area contributed by atoms with Crippen molar-refractivity contribution < 1.29 is 19.4 Å². The molecule has 1 N–H and O–H groups in total.